The van der Waals surface area contributed by atoms with E-state index in [4.69, 9.17) is 19.3 Å². The van der Waals surface area contributed by atoms with E-state index in [2.05, 4.69) is 5.32 Å². The molecule has 0 aliphatic rings. The van der Waals surface area contributed by atoms with Crippen LogP contribution >= 0.6 is 0 Å². The lowest BCUT2D eigenvalue weighted by molar-refractivity contribution is -0.137. The number of nitrogens with one attached hydrogen (secondary N) is 1. The smallest absolute Gasteiger partial charge is 0.303 e. The van der Waals surface area contributed by atoms with Gasteiger partial charge >= 0.3 is 5.97 Å². The van der Waals surface area contributed by atoms with Gasteiger partial charge in [0.05, 0.1) is 20.8 Å². The number of carboxylic acids is 1. The molecule has 0 fully saturated rings. The maximum Gasteiger partial charge on any atom is 0.303 e. The fourth-order valence-corrected chi connectivity index (χ4v) is 1.79. The molecule has 0 radical (unpaired) electrons. The van der Waals surface area contributed by atoms with Crippen molar-refractivity contribution in [1.82, 2.24) is 0 Å². The molecule has 6 nitrogen and oxygen atoms in total. The second-order valence-electron chi connectivity index (χ2n) is 4.15. The van der Waals surface area contributed by atoms with Gasteiger partial charge in [-0.3, -0.25) is 4.79 Å². The maximum absolute atomic E-state index is 10.4. The second kappa shape index (κ2) is 8.14. The summed E-state index contributed by atoms with van der Waals surface area (Å²) in [4.78, 5) is 10.4. The van der Waals surface area contributed by atoms with Crippen molar-refractivity contribution in [2.45, 2.75) is 19.3 Å². The van der Waals surface area contributed by atoms with Crippen LogP contribution in [0.25, 0.3) is 0 Å². The maximum atomic E-state index is 10.4. The Kier molecular flexibility index (Phi) is 6.49. The first kappa shape index (κ1) is 15.9. The van der Waals surface area contributed by atoms with Crippen LogP contribution in [-0.4, -0.2) is 38.9 Å². The van der Waals surface area contributed by atoms with Crippen LogP contribution in [0.3, 0.4) is 0 Å². The van der Waals surface area contributed by atoms with Gasteiger partial charge in [0.1, 0.15) is 22.9 Å². The Morgan fingerprint density at radius 3 is 2.25 bits per heavy atom. The van der Waals surface area contributed by atoms with Gasteiger partial charge in [-0.1, -0.05) is 0 Å². The van der Waals surface area contributed by atoms with Gasteiger partial charge in [-0.2, -0.15) is 0 Å². The molecule has 112 valence electrons. The third-order valence-corrected chi connectivity index (χ3v) is 2.78. The number of ether oxygens (including phenoxy) is 3. The van der Waals surface area contributed by atoms with Crippen LogP contribution in [0.15, 0.2) is 12.1 Å². The molecule has 1 aromatic carbocycles. The van der Waals surface area contributed by atoms with Crippen molar-refractivity contribution in [3.8, 4) is 17.2 Å². The number of methoxy groups -OCH3 is 2. The molecular weight excluding hydrogens is 262 g/mol. The average Bonchev–Trinajstić information content (AvgIpc) is 2.45. The van der Waals surface area contributed by atoms with E-state index < -0.39 is 5.97 Å². The van der Waals surface area contributed by atoms with Crippen LogP contribution < -0.4 is 19.5 Å². The van der Waals surface area contributed by atoms with Crippen molar-refractivity contribution in [3.05, 3.63) is 12.1 Å². The Labute approximate surface area is 118 Å². The predicted molar refractivity (Wildman–Crippen MR) is 76.1 cm³/mol. The Hall–Kier alpha value is -2.11. The highest BCUT2D eigenvalue weighted by molar-refractivity contribution is 5.68. The van der Waals surface area contributed by atoms with Crippen molar-refractivity contribution in [1.29, 1.82) is 0 Å². The fourth-order valence-electron chi connectivity index (χ4n) is 1.79. The molecule has 0 spiro atoms. The van der Waals surface area contributed by atoms with Gasteiger partial charge < -0.3 is 24.6 Å². The van der Waals surface area contributed by atoms with Crippen LogP contribution in [0.1, 0.15) is 19.3 Å². The number of rotatable bonds is 9. The SMILES string of the molecule is CNc1c(OC)cc(OCCCCC(=O)O)cc1OC. The molecular formula is C14H21NO5. The van der Waals surface area contributed by atoms with Gasteiger partial charge in [0.2, 0.25) is 0 Å². The first-order valence-corrected chi connectivity index (χ1v) is 6.40. The number of benzene rings is 1. The number of aliphatic carboxylic acids is 1. The van der Waals surface area contributed by atoms with Crippen molar-refractivity contribution in [3.63, 3.8) is 0 Å². The first-order valence-electron chi connectivity index (χ1n) is 6.40. The minimum absolute atomic E-state index is 0.161. The zero-order valence-corrected chi connectivity index (χ0v) is 12.1. The minimum atomic E-state index is -0.785. The number of unbranched alkanes of at least 4 members (excludes halogenated alkanes) is 1. The van der Waals surface area contributed by atoms with Crippen LogP contribution in [0.2, 0.25) is 0 Å². The van der Waals surface area contributed by atoms with Crippen molar-refractivity contribution in [2.75, 3.05) is 33.2 Å². The topological polar surface area (TPSA) is 77.0 Å². The van der Waals surface area contributed by atoms with Crippen LogP contribution in [-0.2, 0) is 4.79 Å². The van der Waals surface area contributed by atoms with Crippen molar-refractivity contribution < 1.29 is 24.1 Å². The Morgan fingerprint density at radius 2 is 1.80 bits per heavy atom. The van der Waals surface area contributed by atoms with Gasteiger partial charge in [0, 0.05) is 25.6 Å². The quantitative estimate of drug-likeness (QED) is 0.678. The lowest BCUT2D eigenvalue weighted by atomic mass is 10.2. The predicted octanol–water partition coefficient (Wildman–Crippen LogP) is 2.38. The second-order valence-corrected chi connectivity index (χ2v) is 4.15. The first-order chi connectivity index (χ1) is 9.62. The Bertz CT molecular complexity index is 422. The lowest BCUT2D eigenvalue weighted by Gasteiger charge is -2.15. The van der Waals surface area contributed by atoms with E-state index >= 15 is 0 Å². The molecule has 0 saturated carbocycles. The summed E-state index contributed by atoms with van der Waals surface area (Å²) < 4.78 is 16.1. The molecule has 20 heavy (non-hydrogen) atoms. The number of hydrogen-bond acceptors (Lipinski definition) is 5. The third kappa shape index (κ3) is 4.53. The molecule has 2 N–H and O–H groups in total. The molecule has 0 unspecified atom stereocenters. The Balaban J connectivity index is 2.64. The molecule has 0 heterocycles. The standard InChI is InChI=1S/C14H21NO5/c1-15-14-11(18-2)8-10(9-12(14)19-3)20-7-5-4-6-13(16)17/h8-9,15H,4-7H2,1-3H3,(H,16,17). The number of carbonyl (C=O) groups is 1. The molecule has 6 heteroatoms. The highest BCUT2D eigenvalue weighted by Gasteiger charge is 2.11. The molecule has 0 aliphatic carbocycles. The van der Waals surface area contributed by atoms with Gasteiger partial charge in [0.25, 0.3) is 0 Å². The van der Waals surface area contributed by atoms with Gasteiger partial charge in [0.15, 0.2) is 0 Å². The largest absolute Gasteiger partial charge is 0.494 e. The van der Waals surface area contributed by atoms with Crippen molar-refractivity contribution in [2.24, 2.45) is 0 Å². The molecule has 0 bridgehead atoms. The van der Waals surface area contributed by atoms with Crippen LogP contribution in [0.5, 0.6) is 17.2 Å². The lowest BCUT2D eigenvalue weighted by Crippen LogP contribution is -2.02. The number of hydrogen-bond donors (Lipinski definition) is 2. The molecule has 0 atom stereocenters. The molecule has 0 amide bonds. The fraction of sp³-hybridized carbons (Fsp3) is 0.500. The van der Waals surface area contributed by atoms with Gasteiger partial charge in [-0.05, 0) is 12.8 Å². The molecule has 0 aromatic heterocycles. The zero-order valence-electron chi connectivity index (χ0n) is 12.1. The molecule has 1 rings (SSSR count). The summed E-state index contributed by atoms with van der Waals surface area (Å²) in [7, 11) is 4.94. The van der Waals surface area contributed by atoms with E-state index in [-0.39, 0.29) is 6.42 Å². The summed E-state index contributed by atoms with van der Waals surface area (Å²) in [5.74, 6) is 1.11. The van der Waals surface area contributed by atoms with E-state index in [0.717, 1.165) is 5.69 Å². The van der Waals surface area contributed by atoms with Gasteiger partial charge in [-0.25, -0.2) is 0 Å². The summed E-state index contributed by atoms with van der Waals surface area (Å²) in [5.41, 5.74) is 0.758. The van der Waals surface area contributed by atoms with Crippen LogP contribution in [0, 0.1) is 0 Å². The van der Waals surface area contributed by atoms with Crippen LogP contribution in [0.4, 0.5) is 5.69 Å². The highest BCUT2D eigenvalue weighted by atomic mass is 16.5. The monoisotopic (exact) mass is 283 g/mol. The zero-order chi connectivity index (χ0) is 15.0. The number of carboxylic acid groups (broad SMARTS) is 1. The molecule has 0 saturated heterocycles. The number of anilines is 1. The van der Waals surface area contributed by atoms with E-state index in [1.807, 2.05) is 0 Å². The molecule has 0 aliphatic heterocycles. The third-order valence-electron chi connectivity index (χ3n) is 2.78. The van der Waals surface area contributed by atoms with Crippen molar-refractivity contribution >= 4 is 11.7 Å². The Morgan fingerprint density at radius 1 is 1.20 bits per heavy atom. The summed E-state index contributed by atoms with van der Waals surface area (Å²) >= 11 is 0. The van der Waals surface area contributed by atoms with E-state index in [1.54, 1.807) is 33.4 Å². The summed E-state index contributed by atoms with van der Waals surface area (Å²) in [6, 6.07) is 3.54. The highest BCUT2D eigenvalue weighted by Crippen LogP contribution is 2.38. The molecule has 1 aromatic rings. The van der Waals surface area contributed by atoms with E-state index in [1.165, 1.54) is 0 Å². The van der Waals surface area contributed by atoms with E-state index in [0.29, 0.717) is 36.7 Å². The summed E-state index contributed by atoms with van der Waals surface area (Å²) in [5, 5.41) is 11.6. The van der Waals surface area contributed by atoms with Gasteiger partial charge in [-0.15, -0.1) is 0 Å². The van der Waals surface area contributed by atoms with E-state index in [9.17, 15) is 4.79 Å². The average molecular weight is 283 g/mol. The summed E-state index contributed by atoms with van der Waals surface area (Å²) in [6.45, 7) is 0.457. The minimum Gasteiger partial charge on any atom is -0.494 e. The summed E-state index contributed by atoms with van der Waals surface area (Å²) in [6.07, 6.45) is 1.44. The normalized spacial score (nSPS) is 9.95.